The Morgan fingerprint density at radius 2 is 2.17 bits per heavy atom. The molecule has 4 rings (SSSR count). The fourth-order valence-electron chi connectivity index (χ4n) is 3.85. The fraction of sp³-hybridized carbons (Fsp3) is 0.647. The molecule has 1 atom stereocenters. The Balaban J connectivity index is 1.53. The van der Waals surface area contributed by atoms with E-state index in [-0.39, 0.29) is 22.8 Å². The topological polar surface area (TPSA) is 84.3 Å². The molecule has 7 nitrogen and oxygen atoms in total. The van der Waals surface area contributed by atoms with Crippen LogP contribution in [0.2, 0.25) is 0 Å². The van der Waals surface area contributed by atoms with E-state index in [9.17, 15) is 14.4 Å². The molecule has 1 spiro atoms. The van der Waals surface area contributed by atoms with E-state index in [1.807, 2.05) is 9.47 Å². The van der Waals surface area contributed by atoms with E-state index >= 15 is 0 Å². The second kappa shape index (κ2) is 5.43. The molecule has 128 valence electrons. The molecule has 0 unspecified atom stereocenters. The summed E-state index contributed by atoms with van der Waals surface area (Å²) in [6, 6.07) is 0. The van der Waals surface area contributed by atoms with Gasteiger partial charge in [-0.05, 0) is 25.2 Å². The Morgan fingerprint density at radius 3 is 2.83 bits per heavy atom. The van der Waals surface area contributed by atoms with Crippen LogP contribution in [0.15, 0.2) is 11.0 Å². The Bertz CT molecular complexity index is 768. The summed E-state index contributed by atoms with van der Waals surface area (Å²) in [4.78, 5) is 42.0. The average Bonchev–Trinajstić information content (AvgIpc) is 3.18. The van der Waals surface area contributed by atoms with E-state index in [0.29, 0.717) is 32.0 Å². The van der Waals surface area contributed by atoms with Crippen LogP contribution < -0.4 is 10.9 Å². The van der Waals surface area contributed by atoms with E-state index in [4.69, 9.17) is 0 Å². The van der Waals surface area contributed by atoms with E-state index in [1.54, 1.807) is 13.1 Å². The number of nitrogens with one attached hydrogen (secondary N) is 1. The molecule has 0 bridgehead atoms. The lowest BCUT2D eigenvalue weighted by atomic mass is 9.86. The van der Waals surface area contributed by atoms with Gasteiger partial charge in [0.1, 0.15) is 11.4 Å². The first kappa shape index (κ1) is 15.4. The minimum Gasteiger partial charge on any atom is -0.352 e. The first-order chi connectivity index (χ1) is 11.5. The lowest BCUT2D eigenvalue weighted by Crippen LogP contribution is -2.32. The van der Waals surface area contributed by atoms with E-state index in [0.717, 1.165) is 31.6 Å². The minimum atomic E-state index is -0.451. The average molecular weight is 330 g/mol. The van der Waals surface area contributed by atoms with Gasteiger partial charge in [0, 0.05) is 51.1 Å². The number of hydrogen-bond donors (Lipinski definition) is 1. The predicted octanol–water partition coefficient (Wildman–Crippen LogP) is 0.178. The lowest BCUT2D eigenvalue weighted by molar-refractivity contribution is -0.128. The quantitative estimate of drug-likeness (QED) is 0.857. The molecule has 2 aliphatic heterocycles. The molecule has 1 aromatic heterocycles. The number of rotatable bonds is 3. The number of amides is 2. The molecule has 2 amide bonds. The van der Waals surface area contributed by atoms with Crippen LogP contribution in [0.4, 0.5) is 0 Å². The Labute approximate surface area is 140 Å². The third-order valence-electron chi connectivity index (χ3n) is 5.49. The molecule has 1 N–H and O–H groups in total. The van der Waals surface area contributed by atoms with Gasteiger partial charge in [-0.3, -0.25) is 14.4 Å². The molecule has 3 heterocycles. The Kier molecular flexibility index (Phi) is 3.47. The molecule has 1 saturated heterocycles. The van der Waals surface area contributed by atoms with Crippen molar-refractivity contribution in [1.82, 2.24) is 19.8 Å². The maximum Gasteiger partial charge on any atom is 0.285 e. The summed E-state index contributed by atoms with van der Waals surface area (Å²) in [6.45, 7) is 4.39. The molecule has 7 heteroatoms. The number of hydrogen-bond acceptors (Lipinski definition) is 4. The van der Waals surface area contributed by atoms with Gasteiger partial charge in [0.15, 0.2) is 0 Å². The van der Waals surface area contributed by atoms with Crippen LogP contribution >= 0.6 is 0 Å². The van der Waals surface area contributed by atoms with Crippen LogP contribution in [-0.4, -0.2) is 45.9 Å². The zero-order valence-corrected chi connectivity index (χ0v) is 13.9. The highest BCUT2D eigenvalue weighted by molar-refractivity contribution is 5.93. The van der Waals surface area contributed by atoms with Gasteiger partial charge >= 0.3 is 0 Å². The van der Waals surface area contributed by atoms with Crippen LogP contribution in [-0.2, 0) is 17.8 Å². The van der Waals surface area contributed by atoms with Gasteiger partial charge < -0.3 is 14.8 Å². The first-order valence-corrected chi connectivity index (χ1v) is 8.60. The molecule has 2 fully saturated rings. The first-order valence-electron chi connectivity index (χ1n) is 8.60. The minimum absolute atomic E-state index is 0.0405. The molecule has 0 aromatic carbocycles. The van der Waals surface area contributed by atoms with Gasteiger partial charge in [0.25, 0.3) is 11.5 Å². The zero-order valence-electron chi connectivity index (χ0n) is 13.9. The van der Waals surface area contributed by atoms with Crippen LogP contribution in [0.25, 0.3) is 0 Å². The lowest BCUT2D eigenvalue weighted by Gasteiger charge is -2.22. The summed E-state index contributed by atoms with van der Waals surface area (Å²) in [6.07, 6.45) is 5.55. The van der Waals surface area contributed by atoms with Crippen LogP contribution in [0, 0.1) is 11.3 Å². The standard InChI is InChI=1S/C17H22N4O3/c1-11(22)20-5-4-17(9-20)6-14-19-16(24)13(8-21(14)10-17)15(23)18-7-12-2-3-12/h8,12H,2-7,9-10H2,1H3,(H,18,23)/t17-/m1/s1. The highest BCUT2D eigenvalue weighted by Gasteiger charge is 2.44. The molecule has 1 aliphatic carbocycles. The summed E-state index contributed by atoms with van der Waals surface area (Å²) in [5.74, 6) is 1.06. The van der Waals surface area contributed by atoms with Crippen molar-refractivity contribution >= 4 is 11.8 Å². The van der Waals surface area contributed by atoms with Gasteiger partial charge in [-0.1, -0.05) is 0 Å². The van der Waals surface area contributed by atoms with Crippen LogP contribution in [0.5, 0.6) is 0 Å². The monoisotopic (exact) mass is 330 g/mol. The summed E-state index contributed by atoms with van der Waals surface area (Å²) in [5, 5.41) is 2.83. The summed E-state index contributed by atoms with van der Waals surface area (Å²) < 4.78 is 1.93. The van der Waals surface area contributed by atoms with Crippen molar-refractivity contribution in [2.75, 3.05) is 19.6 Å². The maximum atomic E-state index is 12.2. The van der Waals surface area contributed by atoms with Crippen LogP contribution in [0.1, 0.15) is 42.4 Å². The number of likely N-dealkylation sites (tertiary alicyclic amines) is 1. The third-order valence-corrected chi connectivity index (χ3v) is 5.49. The van der Waals surface area contributed by atoms with E-state index in [2.05, 4.69) is 10.3 Å². The number of carbonyl (C=O) groups is 2. The fourth-order valence-corrected chi connectivity index (χ4v) is 3.85. The molecular formula is C17H22N4O3. The SMILES string of the molecule is CC(=O)N1CC[C@@]2(Cc3nc(=O)c(C(=O)NCC4CC4)cn3C2)C1. The normalized spacial score (nSPS) is 25.1. The zero-order chi connectivity index (χ0) is 16.9. The number of fused-ring (bicyclic) bond motifs is 1. The largest absolute Gasteiger partial charge is 0.352 e. The number of aromatic nitrogens is 2. The van der Waals surface area contributed by atoms with Crippen LogP contribution in [0.3, 0.4) is 0 Å². The van der Waals surface area contributed by atoms with Crippen molar-refractivity contribution in [3.8, 4) is 0 Å². The van der Waals surface area contributed by atoms with Crippen molar-refractivity contribution in [1.29, 1.82) is 0 Å². The highest BCUT2D eigenvalue weighted by atomic mass is 16.2. The van der Waals surface area contributed by atoms with Crippen molar-refractivity contribution in [2.45, 2.75) is 39.2 Å². The third kappa shape index (κ3) is 2.72. The van der Waals surface area contributed by atoms with Gasteiger partial charge in [-0.15, -0.1) is 0 Å². The van der Waals surface area contributed by atoms with Gasteiger partial charge in [0.05, 0.1) is 0 Å². The van der Waals surface area contributed by atoms with Crippen molar-refractivity contribution in [3.05, 3.63) is 27.9 Å². The predicted molar refractivity (Wildman–Crippen MR) is 86.6 cm³/mol. The Hall–Kier alpha value is -2.18. The summed E-state index contributed by atoms with van der Waals surface area (Å²) in [5.41, 5.74) is -0.368. The molecule has 3 aliphatic rings. The van der Waals surface area contributed by atoms with E-state index < -0.39 is 5.56 Å². The number of carbonyl (C=O) groups excluding carboxylic acids is 2. The summed E-state index contributed by atoms with van der Waals surface area (Å²) >= 11 is 0. The second-order valence-electron chi connectivity index (χ2n) is 7.52. The van der Waals surface area contributed by atoms with Gasteiger partial charge in [0.2, 0.25) is 5.91 Å². The van der Waals surface area contributed by atoms with Crippen molar-refractivity contribution in [3.63, 3.8) is 0 Å². The molecule has 24 heavy (non-hydrogen) atoms. The second-order valence-corrected chi connectivity index (χ2v) is 7.52. The smallest absolute Gasteiger partial charge is 0.285 e. The summed E-state index contributed by atoms with van der Waals surface area (Å²) in [7, 11) is 0. The van der Waals surface area contributed by atoms with Crippen molar-refractivity contribution < 1.29 is 9.59 Å². The van der Waals surface area contributed by atoms with Gasteiger partial charge in [-0.2, -0.15) is 4.98 Å². The maximum absolute atomic E-state index is 12.2. The molecule has 1 saturated carbocycles. The Morgan fingerprint density at radius 1 is 1.38 bits per heavy atom. The van der Waals surface area contributed by atoms with Crippen molar-refractivity contribution in [2.24, 2.45) is 11.3 Å². The number of nitrogens with zero attached hydrogens (tertiary/aromatic N) is 3. The highest BCUT2D eigenvalue weighted by Crippen LogP contribution is 2.39. The molecule has 1 aromatic rings. The van der Waals surface area contributed by atoms with Gasteiger partial charge in [-0.25, -0.2) is 0 Å². The molecular weight excluding hydrogens is 308 g/mol. The van der Waals surface area contributed by atoms with E-state index in [1.165, 1.54) is 0 Å². The molecule has 0 radical (unpaired) electrons.